The van der Waals surface area contributed by atoms with Gasteiger partial charge in [0, 0.05) is 33.2 Å². The Morgan fingerprint density at radius 1 is 0.457 bits per heavy atom. The lowest BCUT2D eigenvalue weighted by molar-refractivity contribution is 0.705. The van der Waals surface area contributed by atoms with Gasteiger partial charge in [0.05, 0.1) is 39.9 Å². The highest BCUT2D eigenvalue weighted by Gasteiger charge is 2.26. The van der Waals surface area contributed by atoms with Gasteiger partial charge in [0.15, 0.2) is 0 Å². The molecular weight excluding hydrogens is 560 g/mol. The van der Waals surface area contributed by atoms with Crippen molar-refractivity contribution < 1.29 is 0 Å². The largest absolute Gasteiger partial charge is 0.372 e. The van der Waals surface area contributed by atoms with E-state index in [1.54, 1.807) is 0 Å². The van der Waals surface area contributed by atoms with Crippen LogP contribution in [0.5, 0.6) is 0 Å². The lowest BCUT2D eigenvalue weighted by Gasteiger charge is -2.30. The van der Waals surface area contributed by atoms with Crippen molar-refractivity contribution in [1.82, 2.24) is 20.3 Å². The molecule has 4 nitrogen and oxygen atoms in total. The Balaban J connectivity index is 1.09. The van der Waals surface area contributed by atoms with Crippen LogP contribution in [-0.4, -0.2) is 15.0 Å². The molecular formula is C42H28N4. The number of nitrogens with one attached hydrogen (secondary N) is 1. The van der Waals surface area contributed by atoms with Gasteiger partial charge in [0.1, 0.15) is 0 Å². The van der Waals surface area contributed by atoms with Crippen molar-refractivity contribution >= 4 is 33.6 Å². The van der Waals surface area contributed by atoms with Crippen LogP contribution >= 0.6 is 0 Å². The number of aromatic nitrogens is 3. The Kier molecular flexibility index (Phi) is 6.17. The molecule has 216 valence electrons. The average Bonchev–Trinajstić information content (AvgIpc) is 3.14. The molecule has 0 fully saturated rings. The maximum absolute atomic E-state index is 5.25. The van der Waals surface area contributed by atoms with E-state index >= 15 is 0 Å². The van der Waals surface area contributed by atoms with Gasteiger partial charge in [0.25, 0.3) is 0 Å². The number of allylic oxidation sites excluding steroid dienone is 2. The predicted molar refractivity (Wildman–Crippen MR) is 189 cm³/mol. The molecule has 0 bridgehead atoms. The molecule has 4 aromatic carbocycles. The van der Waals surface area contributed by atoms with Crippen molar-refractivity contribution in [3.8, 4) is 33.8 Å². The molecule has 0 amide bonds. The number of fused-ring (bicyclic) bond motifs is 6. The zero-order valence-electron chi connectivity index (χ0n) is 24.9. The minimum atomic E-state index is -0.00736. The first kappa shape index (κ1) is 26.3. The number of nitrogens with zero attached hydrogens (tertiary/aromatic N) is 3. The molecule has 4 heteroatoms. The van der Waals surface area contributed by atoms with Gasteiger partial charge in [-0.2, -0.15) is 0 Å². The summed E-state index contributed by atoms with van der Waals surface area (Å²) in [7, 11) is 0. The van der Waals surface area contributed by atoms with Crippen molar-refractivity contribution in [3.05, 3.63) is 174 Å². The molecule has 4 heterocycles. The van der Waals surface area contributed by atoms with Gasteiger partial charge in [-0.1, -0.05) is 127 Å². The molecule has 1 aliphatic heterocycles. The highest BCUT2D eigenvalue weighted by molar-refractivity contribution is 6.04. The van der Waals surface area contributed by atoms with Crippen LogP contribution in [0, 0.1) is 0 Å². The highest BCUT2D eigenvalue weighted by Crippen LogP contribution is 2.37. The van der Waals surface area contributed by atoms with Gasteiger partial charge < -0.3 is 5.32 Å². The summed E-state index contributed by atoms with van der Waals surface area (Å²) in [6, 6.07) is 46.3. The summed E-state index contributed by atoms with van der Waals surface area (Å²) < 4.78 is 0. The molecule has 0 spiro atoms. The summed E-state index contributed by atoms with van der Waals surface area (Å²) in [5.74, 6) is 0. The molecule has 9 rings (SSSR count). The van der Waals surface area contributed by atoms with E-state index in [9.17, 15) is 0 Å². The van der Waals surface area contributed by atoms with Crippen LogP contribution in [0.15, 0.2) is 157 Å². The fourth-order valence-corrected chi connectivity index (χ4v) is 6.48. The monoisotopic (exact) mass is 588 g/mol. The molecule has 1 aliphatic carbocycles. The van der Waals surface area contributed by atoms with Crippen LogP contribution in [0.2, 0.25) is 0 Å². The van der Waals surface area contributed by atoms with E-state index in [0.717, 1.165) is 72.5 Å². The minimum Gasteiger partial charge on any atom is -0.372 e. The van der Waals surface area contributed by atoms with Crippen molar-refractivity contribution in [3.63, 3.8) is 0 Å². The number of hydrogen-bond acceptors (Lipinski definition) is 4. The normalized spacial score (nSPS) is 15.1. The third-order valence-electron chi connectivity index (χ3n) is 8.89. The maximum Gasteiger partial charge on any atom is 0.0972 e. The van der Waals surface area contributed by atoms with Crippen molar-refractivity contribution in [2.75, 3.05) is 0 Å². The first-order valence-corrected chi connectivity index (χ1v) is 15.6. The zero-order chi connectivity index (χ0) is 30.5. The summed E-state index contributed by atoms with van der Waals surface area (Å²) in [4.78, 5) is 15.5. The Morgan fingerprint density at radius 3 is 1.72 bits per heavy atom. The Bertz CT molecular complexity index is 2390. The number of hydrogen-bond donors (Lipinski definition) is 1. The molecule has 0 radical (unpaired) electrons. The fraction of sp³-hybridized carbons (Fsp3) is 0.0238. The van der Waals surface area contributed by atoms with E-state index in [4.69, 9.17) is 15.0 Å². The molecule has 2 aliphatic rings. The second-order valence-corrected chi connectivity index (χ2v) is 11.7. The topological polar surface area (TPSA) is 50.7 Å². The van der Waals surface area contributed by atoms with Crippen LogP contribution in [0.25, 0.3) is 67.4 Å². The predicted octanol–water partition coefficient (Wildman–Crippen LogP) is 9.82. The van der Waals surface area contributed by atoms with E-state index in [1.807, 2.05) is 24.3 Å². The number of dihydropyridines is 1. The van der Waals surface area contributed by atoms with E-state index < -0.39 is 0 Å². The Labute approximate surface area is 267 Å². The highest BCUT2D eigenvalue weighted by atomic mass is 15.0. The molecule has 1 N–H and O–H groups in total. The third kappa shape index (κ3) is 4.59. The molecule has 7 aromatic rings. The SMILES string of the molecule is C1=Cc2ccc(-c3cccc(-c4ccc5ccc6ccc(-c7ccccc7)nc6c5n4)c3)nc2C2NC(c3ccccc3)=CC=C12. The van der Waals surface area contributed by atoms with Gasteiger partial charge in [-0.05, 0) is 47.0 Å². The standard InChI is InChI=1S/C42H28N4/c1-3-8-27(9-4-1)35-22-18-29-14-16-31-20-24-37(45-41(31)39(29)43-35)33-12-7-13-34(26-33)38-25-21-32-17-15-30-19-23-36(28-10-5-2-6-11-28)44-40(30)42(32)46-38/h1-26,39,43H. The summed E-state index contributed by atoms with van der Waals surface area (Å²) >= 11 is 0. The van der Waals surface area contributed by atoms with Crippen LogP contribution in [-0.2, 0) is 0 Å². The second-order valence-electron chi connectivity index (χ2n) is 11.7. The van der Waals surface area contributed by atoms with Crippen LogP contribution in [0.1, 0.15) is 22.9 Å². The van der Waals surface area contributed by atoms with Crippen molar-refractivity contribution in [2.24, 2.45) is 0 Å². The number of rotatable bonds is 4. The van der Waals surface area contributed by atoms with Gasteiger partial charge in [-0.3, -0.25) is 0 Å². The summed E-state index contributed by atoms with van der Waals surface area (Å²) in [6.45, 7) is 0. The Morgan fingerprint density at radius 2 is 1.02 bits per heavy atom. The van der Waals surface area contributed by atoms with Gasteiger partial charge in [-0.15, -0.1) is 0 Å². The quantitative estimate of drug-likeness (QED) is 0.208. The first-order chi connectivity index (χ1) is 22.8. The maximum atomic E-state index is 5.25. The summed E-state index contributed by atoms with van der Waals surface area (Å²) in [5, 5.41) is 5.90. The molecule has 0 saturated carbocycles. The average molecular weight is 589 g/mol. The lowest BCUT2D eigenvalue weighted by Crippen LogP contribution is -2.27. The van der Waals surface area contributed by atoms with Crippen molar-refractivity contribution in [1.29, 1.82) is 0 Å². The van der Waals surface area contributed by atoms with Gasteiger partial charge >= 0.3 is 0 Å². The third-order valence-corrected chi connectivity index (χ3v) is 8.89. The lowest BCUT2D eigenvalue weighted by atomic mass is 9.89. The molecule has 1 unspecified atom stereocenters. The zero-order valence-corrected chi connectivity index (χ0v) is 24.9. The second kappa shape index (κ2) is 10.8. The molecule has 1 atom stereocenters. The number of pyridine rings is 3. The summed E-state index contributed by atoms with van der Waals surface area (Å²) in [6.07, 6.45) is 8.70. The summed E-state index contributed by atoms with van der Waals surface area (Å²) in [5.41, 5.74) is 13.4. The van der Waals surface area contributed by atoms with Crippen molar-refractivity contribution in [2.45, 2.75) is 6.04 Å². The van der Waals surface area contributed by atoms with Gasteiger partial charge in [0.2, 0.25) is 0 Å². The molecule has 3 aromatic heterocycles. The Hall–Kier alpha value is -6.13. The molecule has 46 heavy (non-hydrogen) atoms. The first-order valence-electron chi connectivity index (χ1n) is 15.6. The van der Waals surface area contributed by atoms with E-state index in [0.29, 0.717) is 0 Å². The van der Waals surface area contributed by atoms with Gasteiger partial charge in [-0.25, -0.2) is 15.0 Å². The van der Waals surface area contributed by atoms with Crippen LogP contribution in [0.3, 0.4) is 0 Å². The van der Waals surface area contributed by atoms with Crippen LogP contribution in [0.4, 0.5) is 0 Å². The van der Waals surface area contributed by atoms with E-state index in [2.05, 4.69) is 139 Å². The van der Waals surface area contributed by atoms with E-state index in [-0.39, 0.29) is 6.04 Å². The van der Waals surface area contributed by atoms with E-state index in [1.165, 1.54) is 11.1 Å². The van der Waals surface area contributed by atoms with Crippen LogP contribution < -0.4 is 5.32 Å². The minimum absolute atomic E-state index is 0.00736. The fourth-order valence-electron chi connectivity index (χ4n) is 6.48. The number of benzene rings is 4. The smallest absolute Gasteiger partial charge is 0.0972 e. The molecule has 0 saturated heterocycles.